The lowest BCUT2D eigenvalue weighted by Crippen LogP contribution is -2.08. The molecule has 0 aliphatic heterocycles. The zero-order chi connectivity index (χ0) is 14.7. The molecule has 0 radical (unpaired) electrons. The summed E-state index contributed by atoms with van der Waals surface area (Å²) in [6.45, 7) is 0. The maximum absolute atomic E-state index is 11.3. The maximum Gasteiger partial charge on any atom is 0.373 e. The van der Waals surface area contributed by atoms with Crippen molar-refractivity contribution in [2.45, 2.75) is 42.6 Å². The smallest absolute Gasteiger partial charge is 0.373 e. The van der Waals surface area contributed by atoms with Gasteiger partial charge in [-0.15, -0.1) is 5.10 Å². The molecule has 0 spiro atoms. The zero-order valence-electron chi connectivity index (χ0n) is 11.7. The monoisotopic (exact) mass is 308 g/mol. The predicted molar refractivity (Wildman–Crippen MR) is 74.9 cm³/mol. The van der Waals surface area contributed by atoms with Crippen molar-refractivity contribution in [1.82, 2.24) is 20.2 Å². The molecule has 112 valence electrons. The van der Waals surface area contributed by atoms with Crippen LogP contribution in [0.15, 0.2) is 21.7 Å². The third kappa shape index (κ3) is 3.10. The van der Waals surface area contributed by atoms with Crippen LogP contribution in [0.3, 0.4) is 0 Å². The lowest BCUT2D eigenvalue weighted by molar-refractivity contribution is 0.0563. The van der Waals surface area contributed by atoms with Crippen molar-refractivity contribution in [2.75, 3.05) is 7.11 Å². The second-order valence-corrected chi connectivity index (χ2v) is 5.83. The van der Waals surface area contributed by atoms with Crippen molar-refractivity contribution in [2.24, 2.45) is 0 Å². The molecule has 0 amide bonds. The van der Waals surface area contributed by atoms with Crippen LogP contribution in [0, 0.1) is 0 Å². The highest BCUT2D eigenvalue weighted by molar-refractivity contribution is 7.98. The van der Waals surface area contributed by atoms with Gasteiger partial charge in [-0.25, -0.2) is 9.48 Å². The van der Waals surface area contributed by atoms with E-state index < -0.39 is 5.97 Å². The molecule has 3 rings (SSSR count). The van der Waals surface area contributed by atoms with Crippen LogP contribution in [-0.2, 0) is 10.5 Å². The Labute approximate surface area is 126 Å². The quantitative estimate of drug-likeness (QED) is 0.619. The first-order chi connectivity index (χ1) is 10.3. The van der Waals surface area contributed by atoms with Gasteiger partial charge in [-0.05, 0) is 35.4 Å². The third-order valence-electron chi connectivity index (χ3n) is 3.52. The van der Waals surface area contributed by atoms with Gasteiger partial charge in [-0.1, -0.05) is 24.6 Å². The SMILES string of the molecule is COC(=O)c1ccc(CSc2nnnn2C2CCCC2)o1. The first-order valence-electron chi connectivity index (χ1n) is 6.85. The Morgan fingerprint density at radius 3 is 3.05 bits per heavy atom. The Balaban J connectivity index is 1.64. The van der Waals surface area contributed by atoms with Crippen molar-refractivity contribution in [3.63, 3.8) is 0 Å². The summed E-state index contributed by atoms with van der Waals surface area (Å²) in [5.41, 5.74) is 0. The van der Waals surface area contributed by atoms with Crippen molar-refractivity contribution in [1.29, 1.82) is 0 Å². The van der Waals surface area contributed by atoms with Gasteiger partial charge in [0, 0.05) is 0 Å². The summed E-state index contributed by atoms with van der Waals surface area (Å²) in [6.07, 6.45) is 4.72. The Morgan fingerprint density at radius 2 is 2.29 bits per heavy atom. The number of furan rings is 1. The number of nitrogens with zero attached hydrogens (tertiary/aromatic N) is 4. The molecule has 0 atom stereocenters. The van der Waals surface area contributed by atoms with Gasteiger partial charge in [-0.2, -0.15) is 0 Å². The number of rotatable bonds is 5. The van der Waals surface area contributed by atoms with Gasteiger partial charge < -0.3 is 9.15 Å². The van der Waals surface area contributed by atoms with Crippen LogP contribution in [0.1, 0.15) is 48.0 Å². The molecule has 21 heavy (non-hydrogen) atoms. The average Bonchev–Trinajstić information content (AvgIpc) is 3.22. The fourth-order valence-electron chi connectivity index (χ4n) is 2.46. The fourth-order valence-corrected chi connectivity index (χ4v) is 3.30. The van der Waals surface area contributed by atoms with Crippen molar-refractivity contribution >= 4 is 17.7 Å². The normalized spacial score (nSPS) is 15.5. The van der Waals surface area contributed by atoms with Gasteiger partial charge in [0.1, 0.15) is 5.76 Å². The van der Waals surface area contributed by atoms with Crippen LogP contribution in [0.25, 0.3) is 0 Å². The second-order valence-electron chi connectivity index (χ2n) is 4.89. The molecular weight excluding hydrogens is 292 g/mol. The largest absolute Gasteiger partial charge is 0.463 e. The topological polar surface area (TPSA) is 83.0 Å². The van der Waals surface area contributed by atoms with Crippen molar-refractivity contribution in [3.05, 3.63) is 23.7 Å². The number of hydrogen-bond donors (Lipinski definition) is 0. The van der Waals surface area contributed by atoms with Gasteiger partial charge in [-0.3, -0.25) is 0 Å². The Morgan fingerprint density at radius 1 is 1.48 bits per heavy atom. The molecule has 0 bridgehead atoms. The number of hydrogen-bond acceptors (Lipinski definition) is 7. The number of carbonyl (C=O) groups is 1. The van der Waals surface area contributed by atoms with E-state index in [1.54, 1.807) is 12.1 Å². The molecule has 1 fully saturated rings. The second kappa shape index (κ2) is 6.30. The molecule has 2 aromatic rings. The highest BCUT2D eigenvalue weighted by Gasteiger charge is 2.22. The van der Waals surface area contributed by atoms with E-state index in [0.717, 1.165) is 18.0 Å². The first-order valence-corrected chi connectivity index (χ1v) is 7.84. The summed E-state index contributed by atoms with van der Waals surface area (Å²) in [4.78, 5) is 11.3. The molecular formula is C13H16N4O3S. The van der Waals surface area contributed by atoms with E-state index in [9.17, 15) is 4.79 Å². The number of tetrazole rings is 1. The van der Waals surface area contributed by atoms with Crippen LogP contribution in [-0.4, -0.2) is 33.3 Å². The van der Waals surface area contributed by atoms with Crippen LogP contribution >= 0.6 is 11.8 Å². The van der Waals surface area contributed by atoms with Crippen LogP contribution in [0.5, 0.6) is 0 Å². The van der Waals surface area contributed by atoms with Crippen LogP contribution < -0.4 is 0 Å². The van der Waals surface area contributed by atoms with Gasteiger partial charge >= 0.3 is 5.97 Å². The zero-order valence-corrected chi connectivity index (χ0v) is 12.5. The van der Waals surface area contributed by atoms with Crippen molar-refractivity contribution in [3.8, 4) is 0 Å². The van der Waals surface area contributed by atoms with E-state index in [1.165, 1.54) is 31.7 Å². The molecule has 0 N–H and O–H groups in total. The molecule has 2 heterocycles. The lowest BCUT2D eigenvalue weighted by Gasteiger charge is -2.10. The van der Waals surface area contributed by atoms with E-state index in [0.29, 0.717) is 17.6 Å². The summed E-state index contributed by atoms with van der Waals surface area (Å²) in [7, 11) is 1.33. The third-order valence-corrected chi connectivity index (χ3v) is 4.48. The Hall–Kier alpha value is -1.83. The number of thioether (sulfide) groups is 1. The van der Waals surface area contributed by atoms with Crippen LogP contribution in [0.2, 0.25) is 0 Å². The molecule has 2 aromatic heterocycles. The lowest BCUT2D eigenvalue weighted by atomic mass is 10.3. The number of esters is 1. The highest BCUT2D eigenvalue weighted by Crippen LogP contribution is 2.32. The van der Waals surface area contributed by atoms with E-state index in [1.807, 2.05) is 4.68 Å². The number of carbonyl (C=O) groups excluding carboxylic acids is 1. The van der Waals surface area contributed by atoms with E-state index in [4.69, 9.17) is 4.42 Å². The average molecular weight is 308 g/mol. The summed E-state index contributed by atoms with van der Waals surface area (Å²) >= 11 is 1.51. The standard InChI is InChI=1S/C13H16N4O3S/c1-19-12(18)11-7-6-10(20-11)8-21-13-14-15-16-17(13)9-4-2-3-5-9/h6-7,9H,2-5,8H2,1H3. The number of aromatic nitrogens is 4. The maximum atomic E-state index is 11.3. The molecule has 1 aliphatic carbocycles. The van der Waals surface area contributed by atoms with Gasteiger partial charge in [0.05, 0.1) is 18.9 Å². The summed E-state index contributed by atoms with van der Waals surface area (Å²) < 4.78 is 11.9. The van der Waals surface area contributed by atoms with E-state index >= 15 is 0 Å². The minimum Gasteiger partial charge on any atom is -0.463 e. The van der Waals surface area contributed by atoms with E-state index in [-0.39, 0.29) is 5.76 Å². The molecule has 0 saturated heterocycles. The van der Waals surface area contributed by atoms with Gasteiger partial charge in [0.25, 0.3) is 0 Å². The predicted octanol–water partition coefficient (Wildman–Crippen LogP) is 2.46. The molecule has 7 nitrogen and oxygen atoms in total. The molecule has 0 unspecified atom stereocenters. The number of ether oxygens (including phenoxy) is 1. The summed E-state index contributed by atoms with van der Waals surface area (Å²) in [5, 5.41) is 12.7. The fraction of sp³-hybridized carbons (Fsp3) is 0.538. The molecule has 1 saturated carbocycles. The molecule has 1 aliphatic rings. The van der Waals surface area contributed by atoms with E-state index in [2.05, 4.69) is 20.3 Å². The van der Waals surface area contributed by atoms with Gasteiger partial charge in [0.15, 0.2) is 0 Å². The van der Waals surface area contributed by atoms with Gasteiger partial charge in [0.2, 0.25) is 10.9 Å². The van der Waals surface area contributed by atoms with Crippen LogP contribution in [0.4, 0.5) is 0 Å². The molecule has 0 aromatic carbocycles. The highest BCUT2D eigenvalue weighted by atomic mass is 32.2. The number of methoxy groups -OCH3 is 1. The summed E-state index contributed by atoms with van der Waals surface area (Å²) in [5.74, 6) is 1.01. The van der Waals surface area contributed by atoms with Crippen molar-refractivity contribution < 1.29 is 13.9 Å². The first kappa shape index (κ1) is 14.1. The molecule has 8 heteroatoms. The minimum atomic E-state index is -0.470. The minimum absolute atomic E-state index is 0.212. The Kier molecular flexibility index (Phi) is 4.23. The Bertz CT molecular complexity index is 618. The summed E-state index contributed by atoms with van der Waals surface area (Å²) in [6, 6.07) is 3.79.